The molecule has 3 rings (SSSR count). The number of hydrogen-bond acceptors (Lipinski definition) is 3. The van der Waals surface area contributed by atoms with E-state index in [1.165, 1.54) is 24.3 Å². The number of fused-ring (bicyclic) bond motifs is 2. The summed E-state index contributed by atoms with van der Waals surface area (Å²) >= 11 is 1.80. The first kappa shape index (κ1) is 7.94. The van der Waals surface area contributed by atoms with Crippen molar-refractivity contribution in [3.05, 3.63) is 16.1 Å². The molecule has 1 aromatic rings. The molecule has 70 valence electrons. The topological polar surface area (TPSA) is 22.1 Å². The van der Waals surface area contributed by atoms with E-state index >= 15 is 0 Å². The molecule has 0 aromatic carbocycles. The van der Waals surface area contributed by atoms with E-state index in [0.29, 0.717) is 18.1 Å². The summed E-state index contributed by atoms with van der Waals surface area (Å²) in [5.41, 5.74) is 1.16. The van der Waals surface area contributed by atoms with Gasteiger partial charge in [0.15, 0.2) is 0 Å². The summed E-state index contributed by atoms with van der Waals surface area (Å²) in [6.07, 6.45) is 4.74. The van der Waals surface area contributed by atoms with Gasteiger partial charge in [0, 0.05) is 17.0 Å². The first-order valence-corrected chi connectivity index (χ1v) is 5.78. The summed E-state index contributed by atoms with van der Waals surface area (Å²) < 4.78 is 5.82. The molecule has 3 heterocycles. The third-order valence-corrected chi connectivity index (χ3v) is 4.15. The number of aromatic nitrogens is 1. The van der Waals surface area contributed by atoms with Crippen LogP contribution in [-0.4, -0.2) is 17.2 Å². The Kier molecular flexibility index (Phi) is 1.70. The maximum Gasteiger partial charge on any atom is 0.0986 e. The van der Waals surface area contributed by atoms with Gasteiger partial charge in [-0.2, -0.15) is 0 Å². The second-order valence-corrected chi connectivity index (χ2v) is 4.93. The van der Waals surface area contributed by atoms with Gasteiger partial charge in [0.05, 0.1) is 17.2 Å². The van der Waals surface area contributed by atoms with Gasteiger partial charge in [0.2, 0.25) is 0 Å². The minimum atomic E-state index is 0.482. The Morgan fingerprint density at radius 3 is 3.00 bits per heavy atom. The van der Waals surface area contributed by atoms with E-state index in [-0.39, 0.29) is 0 Å². The van der Waals surface area contributed by atoms with Crippen LogP contribution < -0.4 is 0 Å². The molecule has 2 saturated heterocycles. The van der Waals surface area contributed by atoms with E-state index in [9.17, 15) is 0 Å². The minimum absolute atomic E-state index is 0.482. The van der Waals surface area contributed by atoms with Crippen molar-refractivity contribution in [2.45, 2.75) is 44.3 Å². The molecule has 2 fully saturated rings. The Hall–Kier alpha value is -0.410. The Morgan fingerprint density at radius 1 is 1.54 bits per heavy atom. The summed E-state index contributed by atoms with van der Waals surface area (Å²) in [6.45, 7) is 2.06. The molecule has 13 heavy (non-hydrogen) atoms. The van der Waals surface area contributed by atoms with E-state index < -0.39 is 0 Å². The van der Waals surface area contributed by atoms with Gasteiger partial charge in [-0.1, -0.05) is 0 Å². The van der Waals surface area contributed by atoms with Crippen molar-refractivity contribution in [2.75, 3.05) is 0 Å². The number of rotatable bonds is 1. The molecule has 0 radical (unpaired) electrons. The molecule has 3 atom stereocenters. The van der Waals surface area contributed by atoms with Gasteiger partial charge in [-0.3, -0.25) is 0 Å². The van der Waals surface area contributed by atoms with Crippen LogP contribution in [0.15, 0.2) is 5.38 Å². The third kappa shape index (κ3) is 1.22. The zero-order valence-electron chi connectivity index (χ0n) is 7.69. The van der Waals surface area contributed by atoms with E-state index in [4.69, 9.17) is 4.74 Å². The number of hydrogen-bond donors (Lipinski definition) is 0. The molecule has 2 nitrogen and oxygen atoms in total. The maximum absolute atomic E-state index is 5.82. The second kappa shape index (κ2) is 2.79. The number of ether oxygens (including phenoxy) is 1. The van der Waals surface area contributed by atoms with E-state index in [1.807, 2.05) is 0 Å². The standard InChI is InChI=1S/C10H13NOS/c1-6-5-13-10(11-6)8-4-7-2-3-9(8)12-7/h5,7-9H,2-4H2,1H3. The van der Waals surface area contributed by atoms with Crippen LogP contribution in [0.1, 0.15) is 35.9 Å². The molecule has 2 bridgehead atoms. The third-order valence-electron chi connectivity index (χ3n) is 3.06. The molecule has 3 unspecified atom stereocenters. The molecule has 0 N–H and O–H groups in total. The smallest absolute Gasteiger partial charge is 0.0986 e. The van der Waals surface area contributed by atoms with Crippen LogP contribution >= 0.6 is 11.3 Å². The lowest BCUT2D eigenvalue weighted by atomic mass is 9.90. The molecule has 0 aliphatic carbocycles. The summed E-state index contributed by atoms with van der Waals surface area (Å²) in [5.74, 6) is 0.609. The molecule has 2 aliphatic heterocycles. The van der Waals surface area contributed by atoms with Gasteiger partial charge < -0.3 is 4.74 Å². The van der Waals surface area contributed by atoms with Crippen molar-refractivity contribution >= 4 is 11.3 Å². The van der Waals surface area contributed by atoms with Crippen molar-refractivity contribution < 1.29 is 4.74 Å². The Labute approximate surface area is 81.9 Å². The van der Waals surface area contributed by atoms with Crippen LogP contribution in [0.4, 0.5) is 0 Å². The van der Waals surface area contributed by atoms with Crippen molar-refractivity contribution in [2.24, 2.45) is 0 Å². The second-order valence-electron chi connectivity index (χ2n) is 4.04. The van der Waals surface area contributed by atoms with Crippen molar-refractivity contribution in [1.82, 2.24) is 4.98 Å². The van der Waals surface area contributed by atoms with Crippen LogP contribution in [0.25, 0.3) is 0 Å². The van der Waals surface area contributed by atoms with Crippen LogP contribution in [0, 0.1) is 6.92 Å². The van der Waals surface area contributed by atoms with Crippen molar-refractivity contribution in [3.63, 3.8) is 0 Å². The Bertz CT molecular complexity index is 322. The largest absolute Gasteiger partial charge is 0.374 e. The predicted octanol–water partition coefficient (Wildman–Crippen LogP) is 2.49. The minimum Gasteiger partial charge on any atom is -0.374 e. The fraction of sp³-hybridized carbons (Fsp3) is 0.700. The lowest BCUT2D eigenvalue weighted by molar-refractivity contribution is 0.101. The average molecular weight is 195 g/mol. The summed E-state index contributed by atoms with van der Waals surface area (Å²) in [5, 5.41) is 3.44. The highest BCUT2D eigenvalue weighted by Crippen LogP contribution is 2.45. The molecule has 2 aliphatic rings. The summed E-state index contributed by atoms with van der Waals surface area (Å²) in [7, 11) is 0. The molecular formula is C10H13NOS. The molecule has 0 amide bonds. The Morgan fingerprint density at radius 2 is 2.46 bits per heavy atom. The van der Waals surface area contributed by atoms with Crippen molar-refractivity contribution in [1.29, 1.82) is 0 Å². The SMILES string of the molecule is Cc1csc(C2CC3CCC2O3)n1. The normalized spacial score (nSPS) is 37.2. The highest BCUT2D eigenvalue weighted by molar-refractivity contribution is 7.09. The zero-order valence-corrected chi connectivity index (χ0v) is 8.51. The van der Waals surface area contributed by atoms with Crippen LogP contribution in [0.3, 0.4) is 0 Å². The van der Waals surface area contributed by atoms with Gasteiger partial charge in [-0.05, 0) is 26.2 Å². The molecule has 0 spiro atoms. The molecular weight excluding hydrogens is 182 g/mol. The van der Waals surface area contributed by atoms with Crippen LogP contribution in [0.5, 0.6) is 0 Å². The van der Waals surface area contributed by atoms with Gasteiger partial charge in [0.25, 0.3) is 0 Å². The number of aryl methyl sites for hydroxylation is 1. The van der Waals surface area contributed by atoms with Crippen molar-refractivity contribution in [3.8, 4) is 0 Å². The molecule has 0 saturated carbocycles. The lowest BCUT2D eigenvalue weighted by Crippen LogP contribution is -2.13. The quantitative estimate of drug-likeness (QED) is 0.687. The fourth-order valence-electron chi connectivity index (χ4n) is 2.44. The first-order chi connectivity index (χ1) is 6.33. The highest BCUT2D eigenvalue weighted by atomic mass is 32.1. The Balaban J connectivity index is 1.87. The zero-order chi connectivity index (χ0) is 8.84. The van der Waals surface area contributed by atoms with Gasteiger partial charge in [-0.25, -0.2) is 4.98 Å². The molecule has 3 heteroatoms. The first-order valence-electron chi connectivity index (χ1n) is 4.90. The summed E-state index contributed by atoms with van der Waals surface area (Å²) in [6, 6.07) is 0. The van der Waals surface area contributed by atoms with Gasteiger partial charge in [-0.15, -0.1) is 11.3 Å². The van der Waals surface area contributed by atoms with Crippen LogP contribution in [-0.2, 0) is 4.74 Å². The monoisotopic (exact) mass is 195 g/mol. The highest BCUT2D eigenvalue weighted by Gasteiger charge is 2.42. The van der Waals surface area contributed by atoms with E-state index in [2.05, 4.69) is 17.3 Å². The van der Waals surface area contributed by atoms with Gasteiger partial charge in [0.1, 0.15) is 0 Å². The van der Waals surface area contributed by atoms with E-state index in [1.54, 1.807) is 11.3 Å². The summed E-state index contributed by atoms with van der Waals surface area (Å²) in [4.78, 5) is 4.55. The number of nitrogens with zero attached hydrogens (tertiary/aromatic N) is 1. The van der Waals surface area contributed by atoms with Gasteiger partial charge >= 0.3 is 0 Å². The lowest BCUT2D eigenvalue weighted by Gasteiger charge is -2.15. The average Bonchev–Trinajstić information content (AvgIpc) is 2.77. The molecule has 1 aromatic heterocycles. The maximum atomic E-state index is 5.82. The van der Waals surface area contributed by atoms with Crippen LogP contribution in [0.2, 0.25) is 0 Å². The fourth-order valence-corrected chi connectivity index (χ4v) is 3.40. The van der Waals surface area contributed by atoms with E-state index in [0.717, 1.165) is 5.69 Å². The number of thiazole rings is 1. The predicted molar refractivity (Wildman–Crippen MR) is 52.1 cm³/mol.